The molecule has 0 saturated carbocycles. The van der Waals surface area contributed by atoms with Crippen molar-refractivity contribution in [3.05, 3.63) is 48.3 Å². The first-order valence-corrected chi connectivity index (χ1v) is 12.3. The van der Waals surface area contributed by atoms with Gasteiger partial charge in [0.15, 0.2) is 11.4 Å². The first-order valence-electron chi connectivity index (χ1n) is 12.3. The zero-order valence-electron chi connectivity index (χ0n) is 22.4. The third-order valence-corrected chi connectivity index (χ3v) is 5.35. The SMILES string of the molecule is CC(C)C(=O)OCOc1c(NC=O)ccnc1C(=O)N[C@@H](C)C(=O)OC(C)C(Oc1ccccc1)C(C)C. The molecule has 11 heteroatoms. The Morgan fingerprint density at radius 3 is 2.26 bits per heavy atom. The quantitative estimate of drug-likeness (QED) is 0.214. The lowest BCUT2D eigenvalue weighted by Crippen LogP contribution is -2.44. The van der Waals surface area contributed by atoms with Crippen LogP contribution in [0.3, 0.4) is 0 Å². The highest BCUT2D eigenvalue weighted by molar-refractivity contribution is 5.99. The van der Waals surface area contributed by atoms with Gasteiger partial charge < -0.3 is 29.6 Å². The summed E-state index contributed by atoms with van der Waals surface area (Å²) in [5.41, 5.74) is -0.0972. The Balaban J connectivity index is 2.09. The molecule has 2 amide bonds. The van der Waals surface area contributed by atoms with E-state index < -0.39 is 42.9 Å². The maximum atomic E-state index is 13.0. The van der Waals surface area contributed by atoms with E-state index in [2.05, 4.69) is 15.6 Å². The Morgan fingerprint density at radius 2 is 1.66 bits per heavy atom. The van der Waals surface area contributed by atoms with Crippen LogP contribution in [-0.2, 0) is 23.9 Å². The molecular weight excluding hydrogens is 494 g/mol. The van der Waals surface area contributed by atoms with Crippen molar-refractivity contribution in [2.75, 3.05) is 12.1 Å². The van der Waals surface area contributed by atoms with Gasteiger partial charge in [0.05, 0.1) is 11.6 Å². The first-order chi connectivity index (χ1) is 18.0. The normalized spacial score (nSPS) is 13.2. The molecule has 0 spiro atoms. The topological polar surface area (TPSA) is 142 Å². The van der Waals surface area contributed by atoms with Gasteiger partial charge in [-0.05, 0) is 38.0 Å². The number of hydrogen-bond acceptors (Lipinski definition) is 9. The van der Waals surface area contributed by atoms with E-state index in [0.717, 1.165) is 0 Å². The molecule has 0 aliphatic rings. The highest BCUT2D eigenvalue weighted by atomic mass is 16.7. The number of carbonyl (C=O) groups excluding carboxylic acids is 4. The van der Waals surface area contributed by atoms with Crippen LogP contribution < -0.4 is 20.1 Å². The molecule has 0 radical (unpaired) electrons. The number of esters is 2. The van der Waals surface area contributed by atoms with Crippen LogP contribution in [0.4, 0.5) is 5.69 Å². The lowest BCUT2D eigenvalue weighted by atomic mass is 10.0. The maximum absolute atomic E-state index is 13.0. The Labute approximate surface area is 222 Å². The van der Waals surface area contributed by atoms with Gasteiger partial charge in [0.25, 0.3) is 5.91 Å². The number of benzene rings is 1. The number of nitrogens with zero attached hydrogens (tertiary/aromatic N) is 1. The molecule has 2 rings (SSSR count). The van der Waals surface area contributed by atoms with Crippen LogP contribution in [0, 0.1) is 11.8 Å². The highest BCUT2D eigenvalue weighted by Crippen LogP contribution is 2.27. The van der Waals surface area contributed by atoms with Crippen molar-refractivity contribution >= 4 is 29.9 Å². The first kappa shape index (κ1) is 30.1. The van der Waals surface area contributed by atoms with E-state index in [4.69, 9.17) is 18.9 Å². The predicted molar refractivity (Wildman–Crippen MR) is 139 cm³/mol. The predicted octanol–water partition coefficient (Wildman–Crippen LogP) is 3.34. The van der Waals surface area contributed by atoms with Gasteiger partial charge in [0.2, 0.25) is 13.2 Å². The van der Waals surface area contributed by atoms with E-state index >= 15 is 0 Å². The van der Waals surface area contributed by atoms with Gasteiger partial charge in [-0.3, -0.25) is 14.4 Å². The molecule has 0 aliphatic heterocycles. The number of para-hydroxylation sites is 1. The Morgan fingerprint density at radius 1 is 0.974 bits per heavy atom. The number of pyridine rings is 1. The Bertz CT molecular complexity index is 1090. The molecule has 1 heterocycles. The van der Waals surface area contributed by atoms with E-state index in [1.54, 1.807) is 20.8 Å². The lowest BCUT2D eigenvalue weighted by Gasteiger charge is -2.29. The molecule has 0 aliphatic carbocycles. The minimum atomic E-state index is -1.05. The summed E-state index contributed by atoms with van der Waals surface area (Å²) in [6.07, 6.45) is 0.640. The van der Waals surface area contributed by atoms with Crippen molar-refractivity contribution in [1.29, 1.82) is 0 Å². The molecule has 0 fully saturated rings. The zero-order valence-corrected chi connectivity index (χ0v) is 22.4. The van der Waals surface area contributed by atoms with E-state index in [1.807, 2.05) is 44.2 Å². The van der Waals surface area contributed by atoms with Crippen molar-refractivity contribution in [3.8, 4) is 11.5 Å². The maximum Gasteiger partial charge on any atom is 0.328 e. The molecule has 0 bridgehead atoms. The molecule has 2 unspecified atom stereocenters. The fourth-order valence-corrected chi connectivity index (χ4v) is 3.35. The minimum absolute atomic E-state index is 0.0321. The Hall–Kier alpha value is -4.15. The highest BCUT2D eigenvalue weighted by Gasteiger charge is 2.29. The van der Waals surface area contributed by atoms with Crippen LogP contribution in [0.25, 0.3) is 0 Å². The fraction of sp³-hybridized carbons (Fsp3) is 0.444. The number of nitrogens with one attached hydrogen (secondary N) is 2. The van der Waals surface area contributed by atoms with Crippen LogP contribution in [-0.4, -0.2) is 54.3 Å². The summed E-state index contributed by atoms with van der Waals surface area (Å²) in [6, 6.07) is 9.56. The van der Waals surface area contributed by atoms with E-state index in [0.29, 0.717) is 12.2 Å². The molecule has 2 N–H and O–H groups in total. The van der Waals surface area contributed by atoms with Gasteiger partial charge in [-0.15, -0.1) is 0 Å². The van der Waals surface area contributed by atoms with Crippen molar-refractivity contribution in [2.45, 2.75) is 59.8 Å². The second-order valence-electron chi connectivity index (χ2n) is 9.16. The molecule has 1 aromatic heterocycles. The smallest absolute Gasteiger partial charge is 0.328 e. The number of aromatic nitrogens is 1. The molecule has 1 aromatic carbocycles. The summed E-state index contributed by atoms with van der Waals surface area (Å²) < 4.78 is 22.1. The van der Waals surface area contributed by atoms with Crippen molar-refractivity contribution in [3.63, 3.8) is 0 Å². The molecule has 206 valence electrons. The van der Waals surface area contributed by atoms with Crippen LogP contribution in [0.2, 0.25) is 0 Å². The molecular formula is C27H35N3O8. The van der Waals surface area contributed by atoms with E-state index in [9.17, 15) is 19.2 Å². The molecule has 3 atom stereocenters. The van der Waals surface area contributed by atoms with Gasteiger partial charge in [-0.2, -0.15) is 0 Å². The summed E-state index contributed by atoms with van der Waals surface area (Å²) in [5, 5.41) is 4.93. The number of anilines is 1. The van der Waals surface area contributed by atoms with E-state index in [-0.39, 0.29) is 29.0 Å². The third-order valence-electron chi connectivity index (χ3n) is 5.35. The summed E-state index contributed by atoms with van der Waals surface area (Å²) >= 11 is 0. The van der Waals surface area contributed by atoms with Crippen LogP contribution in [0.5, 0.6) is 11.5 Å². The van der Waals surface area contributed by atoms with Crippen molar-refractivity contribution < 1.29 is 38.1 Å². The van der Waals surface area contributed by atoms with Crippen molar-refractivity contribution in [1.82, 2.24) is 10.3 Å². The van der Waals surface area contributed by atoms with Gasteiger partial charge in [-0.1, -0.05) is 45.9 Å². The van der Waals surface area contributed by atoms with Gasteiger partial charge in [-0.25, -0.2) is 9.78 Å². The van der Waals surface area contributed by atoms with Crippen LogP contribution in [0.15, 0.2) is 42.6 Å². The number of carbonyl (C=O) groups is 4. The molecule has 2 aromatic rings. The molecule has 0 saturated heterocycles. The summed E-state index contributed by atoms with van der Waals surface area (Å²) in [6.45, 7) is 9.90. The van der Waals surface area contributed by atoms with Crippen LogP contribution >= 0.6 is 0 Å². The second-order valence-corrected chi connectivity index (χ2v) is 9.16. The third kappa shape index (κ3) is 8.75. The zero-order chi connectivity index (χ0) is 28.2. The molecule has 38 heavy (non-hydrogen) atoms. The largest absolute Gasteiger partial charge is 0.486 e. The van der Waals surface area contributed by atoms with E-state index in [1.165, 1.54) is 19.2 Å². The Kier molecular flexibility index (Phi) is 11.5. The fourth-order valence-electron chi connectivity index (χ4n) is 3.35. The van der Waals surface area contributed by atoms with Gasteiger partial charge in [0, 0.05) is 6.20 Å². The molecule has 11 nitrogen and oxygen atoms in total. The second kappa shape index (κ2) is 14.6. The lowest BCUT2D eigenvalue weighted by molar-refractivity contribution is -0.156. The summed E-state index contributed by atoms with van der Waals surface area (Å²) in [5.74, 6) is -1.77. The van der Waals surface area contributed by atoms with Gasteiger partial charge >= 0.3 is 11.9 Å². The number of rotatable bonds is 14. The number of amides is 2. The van der Waals surface area contributed by atoms with Crippen molar-refractivity contribution in [2.24, 2.45) is 11.8 Å². The monoisotopic (exact) mass is 529 g/mol. The number of ether oxygens (including phenoxy) is 4. The van der Waals surface area contributed by atoms with Gasteiger partial charge in [0.1, 0.15) is 24.0 Å². The minimum Gasteiger partial charge on any atom is -0.486 e. The summed E-state index contributed by atoms with van der Waals surface area (Å²) in [7, 11) is 0. The average molecular weight is 530 g/mol. The number of hydrogen-bond donors (Lipinski definition) is 2. The standard InChI is InChI=1S/C27H35N3O8/c1-16(2)23(38-20-10-8-7-9-11-20)19(6)37-27(34)18(5)30-25(32)22-24(21(29-14-31)12-13-28-22)35-15-36-26(33)17(3)4/h7-14,16-19,23H,15H2,1-6H3,(H,30,32)(H,28,29,31)/t18-,19?,23?/m0/s1. The summed E-state index contributed by atoms with van der Waals surface area (Å²) in [4.78, 5) is 52.6. The van der Waals surface area contributed by atoms with Crippen LogP contribution in [0.1, 0.15) is 52.0 Å². The average Bonchev–Trinajstić information content (AvgIpc) is 2.88.